The fourth-order valence-corrected chi connectivity index (χ4v) is 4.50. The standard InChI is InChI=1S/C27H35NO5/c1-16-8-20(9-17(2)24(16)31-13-22-12-28(7)26(29)33-22)27(5,6)21-10-18(3)25(19(4)11-21)32-15-23-14-30-23/h8-11,22-23H,12-15H2,1-7H3. The lowest BCUT2D eigenvalue weighted by Crippen LogP contribution is -2.24. The van der Waals surface area contributed by atoms with E-state index in [0.717, 1.165) is 40.4 Å². The van der Waals surface area contributed by atoms with Gasteiger partial charge in [0.2, 0.25) is 0 Å². The highest BCUT2D eigenvalue weighted by molar-refractivity contribution is 5.69. The first-order chi connectivity index (χ1) is 15.6. The van der Waals surface area contributed by atoms with Gasteiger partial charge in [-0.1, -0.05) is 38.1 Å². The van der Waals surface area contributed by atoms with Crippen LogP contribution in [0, 0.1) is 27.7 Å². The Hall–Kier alpha value is -2.73. The highest BCUT2D eigenvalue weighted by Crippen LogP contribution is 2.38. The van der Waals surface area contributed by atoms with E-state index in [1.165, 1.54) is 11.1 Å². The molecular weight excluding hydrogens is 418 g/mol. The molecule has 0 N–H and O–H groups in total. The number of epoxide rings is 1. The molecule has 33 heavy (non-hydrogen) atoms. The fourth-order valence-electron chi connectivity index (χ4n) is 4.50. The van der Waals surface area contributed by atoms with Crippen molar-refractivity contribution in [1.82, 2.24) is 4.90 Å². The van der Waals surface area contributed by atoms with Gasteiger partial charge in [-0.2, -0.15) is 0 Å². The van der Waals surface area contributed by atoms with E-state index in [0.29, 0.717) is 19.8 Å². The van der Waals surface area contributed by atoms with Gasteiger partial charge in [0.05, 0.1) is 13.2 Å². The zero-order valence-electron chi connectivity index (χ0n) is 20.8. The minimum Gasteiger partial charge on any atom is -0.490 e. The van der Waals surface area contributed by atoms with Crippen molar-refractivity contribution in [1.29, 1.82) is 0 Å². The van der Waals surface area contributed by atoms with E-state index in [9.17, 15) is 4.79 Å². The molecule has 2 unspecified atom stereocenters. The summed E-state index contributed by atoms with van der Waals surface area (Å²) >= 11 is 0. The first-order valence-electron chi connectivity index (χ1n) is 11.6. The van der Waals surface area contributed by atoms with E-state index < -0.39 is 0 Å². The molecule has 2 heterocycles. The van der Waals surface area contributed by atoms with Crippen molar-refractivity contribution in [3.05, 3.63) is 57.6 Å². The third-order valence-corrected chi connectivity index (χ3v) is 6.65. The summed E-state index contributed by atoms with van der Waals surface area (Å²) in [6.07, 6.45) is -0.291. The Labute approximate surface area is 196 Å². The molecule has 0 bridgehead atoms. The minimum atomic E-state index is -0.294. The maximum absolute atomic E-state index is 11.6. The largest absolute Gasteiger partial charge is 0.490 e. The zero-order chi connectivity index (χ0) is 23.9. The molecule has 2 aliphatic heterocycles. The van der Waals surface area contributed by atoms with Crippen molar-refractivity contribution in [2.45, 2.75) is 59.2 Å². The molecule has 2 aromatic rings. The summed E-state index contributed by atoms with van der Waals surface area (Å²) in [5, 5.41) is 0. The summed E-state index contributed by atoms with van der Waals surface area (Å²) in [6, 6.07) is 8.87. The van der Waals surface area contributed by atoms with E-state index in [-0.39, 0.29) is 23.7 Å². The summed E-state index contributed by atoms with van der Waals surface area (Å²) in [5.41, 5.74) is 6.73. The number of hydrogen-bond donors (Lipinski definition) is 0. The van der Waals surface area contributed by atoms with Crippen LogP contribution in [0.4, 0.5) is 4.79 Å². The number of ether oxygens (including phenoxy) is 4. The number of likely N-dealkylation sites (N-methyl/N-ethyl adjacent to an activating group) is 1. The lowest BCUT2D eigenvalue weighted by Gasteiger charge is -2.29. The Kier molecular flexibility index (Phi) is 6.32. The second-order valence-corrected chi connectivity index (χ2v) is 9.97. The van der Waals surface area contributed by atoms with Gasteiger partial charge in [0.25, 0.3) is 0 Å². The Morgan fingerprint density at radius 2 is 1.30 bits per heavy atom. The number of carbonyl (C=O) groups excluding carboxylic acids is 1. The van der Waals surface area contributed by atoms with Crippen LogP contribution in [-0.4, -0.2) is 56.6 Å². The van der Waals surface area contributed by atoms with Gasteiger partial charge in [-0.05, 0) is 61.1 Å². The van der Waals surface area contributed by atoms with Gasteiger partial charge in [0, 0.05) is 12.5 Å². The lowest BCUT2D eigenvalue weighted by atomic mass is 9.76. The first-order valence-corrected chi connectivity index (χ1v) is 11.6. The third-order valence-electron chi connectivity index (χ3n) is 6.65. The molecule has 178 valence electrons. The maximum atomic E-state index is 11.6. The molecule has 2 fully saturated rings. The topological polar surface area (TPSA) is 60.5 Å². The van der Waals surface area contributed by atoms with Crippen LogP contribution in [0.2, 0.25) is 0 Å². The smallest absolute Gasteiger partial charge is 0.410 e. The average molecular weight is 454 g/mol. The number of aryl methyl sites for hydroxylation is 4. The summed E-state index contributed by atoms with van der Waals surface area (Å²) < 4.78 is 22.7. The number of amides is 1. The highest BCUT2D eigenvalue weighted by atomic mass is 16.6. The predicted molar refractivity (Wildman–Crippen MR) is 128 cm³/mol. The van der Waals surface area contributed by atoms with Gasteiger partial charge in [-0.25, -0.2) is 4.79 Å². The van der Waals surface area contributed by atoms with Crippen LogP contribution in [0.25, 0.3) is 0 Å². The first kappa shape index (κ1) is 23.4. The molecule has 0 saturated carbocycles. The Morgan fingerprint density at radius 3 is 1.67 bits per heavy atom. The van der Waals surface area contributed by atoms with Crippen LogP contribution in [0.15, 0.2) is 24.3 Å². The molecule has 2 atom stereocenters. The van der Waals surface area contributed by atoms with Crippen molar-refractivity contribution < 1.29 is 23.7 Å². The van der Waals surface area contributed by atoms with Gasteiger partial charge in [-0.3, -0.25) is 0 Å². The normalized spacial score (nSPS) is 20.1. The van der Waals surface area contributed by atoms with Crippen LogP contribution in [0.1, 0.15) is 47.2 Å². The SMILES string of the molecule is Cc1cc(C(C)(C)c2cc(C)c(OCC3CN(C)C(=O)O3)c(C)c2)cc(C)c1OCC1CO1. The van der Waals surface area contributed by atoms with Crippen molar-refractivity contribution in [2.24, 2.45) is 0 Å². The number of cyclic esters (lactones) is 1. The van der Waals surface area contributed by atoms with Crippen LogP contribution < -0.4 is 9.47 Å². The van der Waals surface area contributed by atoms with Gasteiger partial charge in [0.15, 0.2) is 6.10 Å². The van der Waals surface area contributed by atoms with Crippen LogP contribution in [-0.2, 0) is 14.9 Å². The van der Waals surface area contributed by atoms with E-state index in [4.69, 9.17) is 18.9 Å². The Bertz CT molecular complexity index is 1010. The highest BCUT2D eigenvalue weighted by Gasteiger charge is 2.30. The molecule has 0 spiro atoms. The van der Waals surface area contributed by atoms with E-state index in [1.54, 1.807) is 11.9 Å². The van der Waals surface area contributed by atoms with Crippen LogP contribution >= 0.6 is 0 Å². The molecule has 2 aliphatic rings. The summed E-state index contributed by atoms with van der Waals surface area (Å²) in [4.78, 5) is 13.2. The number of rotatable bonds is 8. The number of carbonyl (C=O) groups is 1. The van der Waals surface area contributed by atoms with Gasteiger partial charge in [-0.15, -0.1) is 0 Å². The second-order valence-electron chi connectivity index (χ2n) is 9.97. The van der Waals surface area contributed by atoms with E-state index in [1.807, 2.05) is 0 Å². The molecule has 2 aromatic carbocycles. The quantitative estimate of drug-likeness (QED) is 0.535. The van der Waals surface area contributed by atoms with Gasteiger partial charge >= 0.3 is 6.09 Å². The molecule has 0 radical (unpaired) electrons. The molecule has 2 saturated heterocycles. The monoisotopic (exact) mass is 453 g/mol. The van der Waals surface area contributed by atoms with Crippen molar-refractivity contribution in [3.63, 3.8) is 0 Å². The predicted octanol–water partition coefficient (Wildman–Crippen LogP) is 4.85. The molecule has 6 nitrogen and oxygen atoms in total. The number of nitrogens with zero attached hydrogens (tertiary/aromatic N) is 1. The molecule has 0 aliphatic carbocycles. The Balaban J connectivity index is 1.53. The van der Waals surface area contributed by atoms with Crippen LogP contribution in [0.3, 0.4) is 0 Å². The van der Waals surface area contributed by atoms with E-state index >= 15 is 0 Å². The summed E-state index contributed by atoms with van der Waals surface area (Å²) in [7, 11) is 1.74. The van der Waals surface area contributed by atoms with E-state index in [2.05, 4.69) is 65.8 Å². The number of hydrogen-bond acceptors (Lipinski definition) is 5. The van der Waals surface area contributed by atoms with Gasteiger partial charge < -0.3 is 23.8 Å². The second kappa shape index (κ2) is 8.90. The summed E-state index contributed by atoms with van der Waals surface area (Å²) in [5.74, 6) is 1.82. The zero-order valence-corrected chi connectivity index (χ0v) is 20.8. The molecule has 0 aromatic heterocycles. The van der Waals surface area contributed by atoms with Gasteiger partial charge in [0.1, 0.15) is 30.8 Å². The van der Waals surface area contributed by atoms with Crippen LogP contribution in [0.5, 0.6) is 11.5 Å². The molecule has 6 heteroatoms. The fraction of sp³-hybridized carbons (Fsp3) is 0.519. The lowest BCUT2D eigenvalue weighted by molar-refractivity contribution is 0.103. The maximum Gasteiger partial charge on any atom is 0.410 e. The average Bonchev–Trinajstić information content (AvgIpc) is 3.50. The van der Waals surface area contributed by atoms with Crippen molar-refractivity contribution >= 4 is 6.09 Å². The molecule has 4 rings (SSSR count). The Morgan fingerprint density at radius 1 is 0.879 bits per heavy atom. The third kappa shape index (κ3) is 4.96. The van der Waals surface area contributed by atoms with Crippen molar-refractivity contribution in [3.8, 4) is 11.5 Å². The molecule has 1 amide bonds. The van der Waals surface area contributed by atoms with Crippen molar-refractivity contribution in [2.75, 3.05) is 33.4 Å². The molecular formula is C27H35NO5. The minimum absolute atomic E-state index is 0.189. The number of benzene rings is 2. The summed E-state index contributed by atoms with van der Waals surface area (Å²) in [6.45, 7) is 15.2.